The second kappa shape index (κ2) is 9.29. The molecule has 1 saturated heterocycles. The highest BCUT2D eigenvalue weighted by molar-refractivity contribution is 7.89. The highest BCUT2D eigenvalue weighted by atomic mass is 32.2. The molecule has 1 atom stereocenters. The molecule has 2 rings (SSSR count). The standard InChI is InChI=1S/C18H28N4O4S/c1-3-12-27(25,26)22-11-5-10-21(17(22)16(23)20-9-8-19)18(24)15-7-4-6-14(2)13-15/h4,6-7,13,17H,3,5,8-12,19H2,1-2H3,(H,20,23). The Morgan fingerprint density at radius 2 is 2.04 bits per heavy atom. The summed E-state index contributed by atoms with van der Waals surface area (Å²) >= 11 is 0. The minimum Gasteiger partial charge on any atom is -0.352 e. The molecule has 1 heterocycles. The lowest BCUT2D eigenvalue weighted by Gasteiger charge is -2.41. The van der Waals surface area contributed by atoms with Gasteiger partial charge in [-0.3, -0.25) is 9.59 Å². The Kier molecular flexibility index (Phi) is 7.34. The molecule has 1 aromatic rings. The maximum atomic E-state index is 13.1. The van der Waals surface area contributed by atoms with E-state index in [9.17, 15) is 18.0 Å². The van der Waals surface area contributed by atoms with Crippen molar-refractivity contribution in [2.75, 3.05) is 31.9 Å². The second-order valence-electron chi connectivity index (χ2n) is 6.60. The molecule has 2 amide bonds. The fourth-order valence-electron chi connectivity index (χ4n) is 3.18. The molecular weight excluding hydrogens is 368 g/mol. The third-order valence-electron chi connectivity index (χ3n) is 4.37. The van der Waals surface area contributed by atoms with Crippen molar-refractivity contribution in [1.29, 1.82) is 0 Å². The van der Waals surface area contributed by atoms with Crippen molar-refractivity contribution in [3.05, 3.63) is 35.4 Å². The summed E-state index contributed by atoms with van der Waals surface area (Å²) in [6.45, 7) is 4.60. The van der Waals surface area contributed by atoms with Crippen LogP contribution in [-0.4, -0.2) is 67.5 Å². The minimum absolute atomic E-state index is 0.0693. The molecule has 1 fully saturated rings. The van der Waals surface area contributed by atoms with E-state index in [4.69, 9.17) is 5.73 Å². The fraction of sp³-hybridized carbons (Fsp3) is 0.556. The number of hydrogen-bond acceptors (Lipinski definition) is 5. The van der Waals surface area contributed by atoms with Gasteiger partial charge in [-0.1, -0.05) is 24.6 Å². The zero-order chi connectivity index (χ0) is 20.0. The maximum absolute atomic E-state index is 13.1. The summed E-state index contributed by atoms with van der Waals surface area (Å²) in [6.07, 6.45) is -0.293. The molecular formula is C18H28N4O4S. The summed E-state index contributed by atoms with van der Waals surface area (Å²) < 4.78 is 26.6. The Morgan fingerprint density at radius 3 is 2.67 bits per heavy atom. The highest BCUT2D eigenvalue weighted by Gasteiger charge is 2.43. The van der Waals surface area contributed by atoms with Gasteiger partial charge in [0.1, 0.15) is 0 Å². The lowest BCUT2D eigenvalue weighted by Crippen LogP contribution is -2.63. The van der Waals surface area contributed by atoms with E-state index < -0.39 is 22.1 Å². The van der Waals surface area contributed by atoms with Gasteiger partial charge < -0.3 is 16.0 Å². The quantitative estimate of drug-likeness (QED) is 0.688. The van der Waals surface area contributed by atoms with Crippen LogP contribution in [0.15, 0.2) is 24.3 Å². The number of hydrogen-bond donors (Lipinski definition) is 2. The molecule has 1 unspecified atom stereocenters. The molecule has 0 aromatic heterocycles. The van der Waals surface area contributed by atoms with Crippen molar-refractivity contribution in [3.63, 3.8) is 0 Å². The van der Waals surface area contributed by atoms with E-state index in [2.05, 4.69) is 5.32 Å². The molecule has 9 heteroatoms. The number of benzene rings is 1. The number of nitrogens with two attached hydrogens (primary N) is 1. The average molecular weight is 397 g/mol. The van der Waals surface area contributed by atoms with E-state index in [1.807, 2.05) is 13.0 Å². The smallest absolute Gasteiger partial charge is 0.259 e. The van der Waals surface area contributed by atoms with Crippen LogP contribution in [0.5, 0.6) is 0 Å². The number of nitrogens with one attached hydrogen (secondary N) is 1. The Hall–Kier alpha value is -1.97. The lowest BCUT2D eigenvalue weighted by atomic mass is 10.1. The Labute approximate surface area is 160 Å². The molecule has 0 saturated carbocycles. The van der Waals surface area contributed by atoms with Crippen LogP contribution in [0.2, 0.25) is 0 Å². The first-order valence-electron chi connectivity index (χ1n) is 9.16. The molecule has 1 aliphatic rings. The van der Waals surface area contributed by atoms with Crippen molar-refractivity contribution in [2.45, 2.75) is 32.9 Å². The number of nitrogens with zero attached hydrogens (tertiary/aromatic N) is 2. The predicted octanol–water partition coefficient (Wildman–Crippen LogP) is 0.284. The first-order valence-corrected chi connectivity index (χ1v) is 10.8. The van der Waals surface area contributed by atoms with Crippen LogP contribution in [0, 0.1) is 6.92 Å². The van der Waals surface area contributed by atoms with Gasteiger partial charge in [-0.2, -0.15) is 4.31 Å². The number of aryl methyl sites for hydroxylation is 1. The van der Waals surface area contributed by atoms with Gasteiger partial charge in [0.05, 0.1) is 5.75 Å². The summed E-state index contributed by atoms with van der Waals surface area (Å²) in [7, 11) is -3.66. The molecule has 1 aliphatic heterocycles. The van der Waals surface area contributed by atoms with E-state index in [-0.39, 0.29) is 31.3 Å². The van der Waals surface area contributed by atoms with E-state index in [1.54, 1.807) is 25.1 Å². The fourth-order valence-corrected chi connectivity index (χ4v) is 4.85. The average Bonchev–Trinajstić information content (AvgIpc) is 2.64. The monoisotopic (exact) mass is 396 g/mol. The number of carbonyl (C=O) groups excluding carboxylic acids is 2. The SMILES string of the molecule is CCCS(=O)(=O)N1CCCN(C(=O)c2cccc(C)c2)C1C(=O)NCCN. The molecule has 3 N–H and O–H groups in total. The molecule has 1 aromatic carbocycles. The molecule has 150 valence electrons. The first-order chi connectivity index (χ1) is 12.8. The predicted molar refractivity (Wildman–Crippen MR) is 103 cm³/mol. The summed E-state index contributed by atoms with van der Waals surface area (Å²) in [5.74, 6) is -0.955. The van der Waals surface area contributed by atoms with Crippen molar-refractivity contribution < 1.29 is 18.0 Å². The van der Waals surface area contributed by atoms with Gasteiger partial charge in [-0.05, 0) is 31.9 Å². The molecule has 0 bridgehead atoms. The molecule has 0 aliphatic carbocycles. The zero-order valence-electron chi connectivity index (χ0n) is 15.8. The lowest BCUT2D eigenvalue weighted by molar-refractivity contribution is -0.130. The van der Waals surface area contributed by atoms with Gasteiger partial charge in [0, 0.05) is 31.7 Å². The number of amides is 2. The number of rotatable bonds is 7. The summed E-state index contributed by atoms with van der Waals surface area (Å²) in [5.41, 5.74) is 6.80. The summed E-state index contributed by atoms with van der Waals surface area (Å²) in [5, 5.41) is 2.63. The van der Waals surface area contributed by atoms with Crippen molar-refractivity contribution >= 4 is 21.8 Å². The number of carbonyl (C=O) groups is 2. The topological polar surface area (TPSA) is 113 Å². The van der Waals surface area contributed by atoms with Crippen LogP contribution in [0.1, 0.15) is 35.7 Å². The van der Waals surface area contributed by atoms with Gasteiger partial charge in [-0.15, -0.1) is 0 Å². The van der Waals surface area contributed by atoms with Crippen LogP contribution in [0.3, 0.4) is 0 Å². The Morgan fingerprint density at radius 1 is 1.30 bits per heavy atom. The minimum atomic E-state index is -3.66. The van der Waals surface area contributed by atoms with Crippen molar-refractivity contribution in [3.8, 4) is 0 Å². The highest BCUT2D eigenvalue weighted by Crippen LogP contribution is 2.22. The van der Waals surface area contributed by atoms with E-state index >= 15 is 0 Å². The first kappa shape index (κ1) is 21.3. The van der Waals surface area contributed by atoms with Crippen LogP contribution < -0.4 is 11.1 Å². The normalized spacial score (nSPS) is 18.3. The van der Waals surface area contributed by atoms with Gasteiger partial charge in [0.15, 0.2) is 6.17 Å². The molecule has 27 heavy (non-hydrogen) atoms. The summed E-state index contributed by atoms with van der Waals surface area (Å²) in [6, 6.07) is 7.04. The van der Waals surface area contributed by atoms with E-state index in [1.165, 1.54) is 4.90 Å². The van der Waals surface area contributed by atoms with Crippen molar-refractivity contribution in [2.24, 2.45) is 5.73 Å². The van der Waals surface area contributed by atoms with Crippen LogP contribution >= 0.6 is 0 Å². The second-order valence-corrected chi connectivity index (χ2v) is 8.64. The molecule has 8 nitrogen and oxygen atoms in total. The third kappa shape index (κ3) is 5.06. The van der Waals surface area contributed by atoms with E-state index in [0.29, 0.717) is 24.9 Å². The Balaban J connectivity index is 2.40. The van der Waals surface area contributed by atoms with Gasteiger partial charge in [0.2, 0.25) is 10.0 Å². The largest absolute Gasteiger partial charge is 0.352 e. The third-order valence-corrected chi connectivity index (χ3v) is 6.39. The Bertz CT molecular complexity index is 781. The molecule has 0 radical (unpaired) electrons. The van der Waals surface area contributed by atoms with Gasteiger partial charge >= 0.3 is 0 Å². The van der Waals surface area contributed by atoms with Crippen LogP contribution in [-0.2, 0) is 14.8 Å². The van der Waals surface area contributed by atoms with E-state index in [0.717, 1.165) is 9.87 Å². The van der Waals surface area contributed by atoms with Gasteiger partial charge in [-0.25, -0.2) is 8.42 Å². The number of sulfonamides is 1. The van der Waals surface area contributed by atoms with Crippen LogP contribution in [0.4, 0.5) is 0 Å². The maximum Gasteiger partial charge on any atom is 0.259 e. The zero-order valence-corrected chi connectivity index (χ0v) is 16.7. The van der Waals surface area contributed by atoms with Crippen LogP contribution in [0.25, 0.3) is 0 Å². The van der Waals surface area contributed by atoms with Gasteiger partial charge in [0.25, 0.3) is 11.8 Å². The van der Waals surface area contributed by atoms with Crippen molar-refractivity contribution in [1.82, 2.24) is 14.5 Å². The summed E-state index contributed by atoms with van der Waals surface area (Å²) in [4.78, 5) is 27.2. The molecule has 0 spiro atoms.